The Labute approximate surface area is 117 Å². The smallest absolute Gasteiger partial charge is 0.239 e. The van der Waals surface area contributed by atoms with Crippen LogP contribution in [0.15, 0.2) is 0 Å². The summed E-state index contributed by atoms with van der Waals surface area (Å²) < 4.78 is 0. The van der Waals surface area contributed by atoms with Crippen LogP contribution in [0, 0.1) is 0 Å². The molecule has 0 spiro atoms. The number of nitrogens with two attached hydrogens (primary N) is 1. The summed E-state index contributed by atoms with van der Waals surface area (Å²) in [7, 11) is 0. The van der Waals surface area contributed by atoms with Gasteiger partial charge in [0.25, 0.3) is 0 Å². The van der Waals surface area contributed by atoms with Gasteiger partial charge in [-0.2, -0.15) is 0 Å². The van der Waals surface area contributed by atoms with Crippen LogP contribution in [0.1, 0.15) is 27.2 Å². The third-order valence-corrected chi connectivity index (χ3v) is 3.11. The second-order valence-corrected chi connectivity index (χ2v) is 4.47. The maximum atomic E-state index is 11.8. The van der Waals surface area contributed by atoms with E-state index < -0.39 is 0 Å². The van der Waals surface area contributed by atoms with Crippen molar-refractivity contribution in [2.75, 3.05) is 26.2 Å². The van der Waals surface area contributed by atoms with Crippen molar-refractivity contribution in [3.05, 3.63) is 0 Å². The van der Waals surface area contributed by atoms with Crippen LogP contribution in [0.3, 0.4) is 0 Å². The summed E-state index contributed by atoms with van der Waals surface area (Å²) in [6.07, 6.45) is 0.725. The molecule has 0 aromatic heterocycles. The first-order valence-corrected chi connectivity index (χ1v) is 5.84. The average Bonchev–Trinajstić information content (AvgIpc) is 2.27. The van der Waals surface area contributed by atoms with Gasteiger partial charge in [-0.15, -0.1) is 24.8 Å². The van der Waals surface area contributed by atoms with E-state index in [4.69, 9.17) is 5.73 Å². The van der Waals surface area contributed by atoms with E-state index in [2.05, 4.69) is 18.7 Å². The molecule has 6 heteroatoms. The van der Waals surface area contributed by atoms with E-state index in [1.807, 2.05) is 11.8 Å². The molecule has 0 bridgehead atoms. The van der Waals surface area contributed by atoms with Gasteiger partial charge in [0, 0.05) is 32.2 Å². The summed E-state index contributed by atoms with van der Waals surface area (Å²) in [5.41, 5.74) is 5.74. The third kappa shape index (κ3) is 5.42. The maximum absolute atomic E-state index is 11.8. The fourth-order valence-corrected chi connectivity index (χ4v) is 1.87. The fourth-order valence-electron chi connectivity index (χ4n) is 1.87. The average molecular weight is 286 g/mol. The predicted octanol–water partition coefficient (Wildman–Crippen LogP) is 1.12. The molecule has 0 aromatic carbocycles. The van der Waals surface area contributed by atoms with Gasteiger partial charge in [0.2, 0.25) is 5.91 Å². The number of rotatable bonds is 3. The van der Waals surface area contributed by atoms with E-state index >= 15 is 0 Å². The Morgan fingerprint density at radius 1 is 1.18 bits per heavy atom. The minimum absolute atomic E-state index is 0. The number of halogens is 2. The molecule has 1 fully saturated rings. The normalized spacial score (nSPS) is 18.3. The van der Waals surface area contributed by atoms with Crippen LogP contribution in [0.25, 0.3) is 0 Å². The van der Waals surface area contributed by atoms with Gasteiger partial charge in [-0.25, -0.2) is 0 Å². The maximum Gasteiger partial charge on any atom is 0.239 e. The topological polar surface area (TPSA) is 49.6 Å². The highest BCUT2D eigenvalue weighted by Gasteiger charge is 2.24. The largest absolute Gasteiger partial charge is 0.339 e. The summed E-state index contributed by atoms with van der Waals surface area (Å²) in [6, 6.07) is 0.262. The second-order valence-electron chi connectivity index (χ2n) is 4.47. The number of hydrogen-bond acceptors (Lipinski definition) is 3. The lowest BCUT2D eigenvalue weighted by molar-refractivity contribution is -0.134. The first-order valence-electron chi connectivity index (χ1n) is 5.84. The molecule has 0 aliphatic carbocycles. The number of piperazine rings is 1. The van der Waals surface area contributed by atoms with Crippen molar-refractivity contribution in [2.45, 2.75) is 39.3 Å². The zero-order chi connectivity index (χ0) is 11.4. The van der Waals surface area contributed by atoms with Crippen LogP contribution in [0.4, 0.5) is 0 Å². The van der Waals surface area contributed by atoms with Gasteiger partial charge in [-0.3, -0.25) is 9.69 Å². The molecule has 1 aliphatic heterocycles. The fraction of sp³-hybridized carbons (Fsp3) is 0.909. The van der Waals surface area contributed by atoms with E-state index in [-0.39, 0.29) is 36.8 Å². The van der Waals surface area contributed by atoms with Gasteiger partial charge in [-0.05, 0) is 20.3 Å². The second kappa shape index (κ2) is 8.97. The molecule has 0 unspecified atom stereocenters. The summed E-state index contributed by atoms with van der Waals surface area (Å²) >= 11 is 0. The number of hydrogen-bond donors (Lipinski definition) is 1. The Balaban J connectivity index is 0. The summed E-state index contributed by atoms with van der Waals surface area (Å²) in [5.74, 6) is 0.112. The Kier molecular flexibility index (Phi) is 10.2. The predicted molar refractivity (Wildman–Crippen MR) is 76.1 cm³/mol. The lowest BCUT2D eigenvalue weighted by Gasteiger charge is -2.37. The highest BCUT2D eigenvalue weighted by molar-refractivity contribution is 5.85. The van der Waals surface area contributed by atoms with Crippen LogP contribution in [0.5, 0.6) is 0 Å². The number of nitrogens with zero attached hydrogens (tertiary/aromatic N) is 2. The number of carbonyl (C=O) groups is 1. The van der Waals surface area contributed by atoms with Gasteiger partial charge >= 0.3 is 0 Å². The van der Waals surface area contributed by atoms with Crippen molar-refractivity contribution in [1.29, 1.82) is 0 Å². The Hall–Kier alpha value is -0.0300. The van der Waals surface area contributed by atoms with Gasteiger partial charge in [0.05, 0.1) is 6.04 Å². The lowest BCUT2D eigenvalue weighted by atomic mass is 10.2. The molecule has 0 radical (unpaired) electrons. The van der Waals surface area contributed by atoms with Crippen molar-refractivity contribution in [1.82, 2.24) is 9.80 Å². The van der Waals surface area contributed by atoms with Gasteiger partial charge < -0.3 is 10.6 Å². The molecule has 1 heterocycles. The molecular formula is C11H25Cl2N3O. The molecule has 0 aromatic rings. The zero-order valence-corrected chi connectivity index (χ0v) is 12.5. The number of amides is 1. The minimum Gasteiger partial charge on any atom is -0.339 e. The summed E-state index contributed by atoms with van der Waals surface area (Å²) in [5, 5.41) is 0. The van der Waals surface area contributed by atoms with Gasteiger partial charge in [0.1, 0.15) is 0 Å². The van der Waals surface area contributed by atoms with Crippen molar-refractivity contribution < 1.29 is 4.79 Å². The molecule has 17 heavy (non-hydrogen) atoms. The standard InChI is InChI=1S/C11H23N3O.2ClH/c1-4-10(12)11(15)14-7-5-13(6-8-14)9(2)3;;/h9-10H,4-8,12H2,1-3H3;2*1H/t10-;;/m0../s1. The summed E-state index contributed by atoms with van der Waals surface area (Å²) in [4.78, 5) is 16.1. The van der Waals surface area contributed by atoms with Crippen molar-refractivity contribution in [3.8, 4) is 0 Å². The van der Waals surface area contributed by atoms with Crippen LogP contribution in [0.2, 0.25) is 0 Å². The first-order chi connectivity index (χ1) is 7.06. The summed E-state index contributed by atoms with van der Waals surface area (Å²) in [6.45, 7) is 9.92. The van der Waals surface area contributed by atoms with Crippen molar-refractivity contribution in [2.24, 2.45) is 5.73 Å². The van der Waals surface area contributed by atoms with Crippen LogP contribution < -0.4 is 5.73 Å². The van der Waals surface area contributed by atoms with Crippen molar-refractivity contribution >= 4 is 30.7 Å². The molecular weight excluding hydrogens is 261 g/mol. The molecule has 1 atom stereocenters. The van der Waals surface area contributed by atoms with Crippen LogP contribution in [-0.2, 0) is 4.79 Å². The highest BCUT2D eigenvalue weighted by atomic mass is 35.5. The van der Waals surface area contributed by atoms with Crippen LogP contribution >= 0.6 is 24.8 Å². The monoisotopic (exact) mass is 285 g/mol. The minimum atomic E-state index is -0.310. The van der Waals surface area contributed by atoms with E-state index in [1.54, 1.807) is 0 Å². The Bertz CT molecular complexity index is 219. The highest BCUT2D eigenvalue weighted by Crippen LogP contribution is 2.07. The SMILES string of the molecule is CC[C@H](N)C(=O)N1CCN(C(C)C)CC1.Cl.Cl. The van der Waals surface area contributed by atoms with E-state index in [1.165, 1.54) is 0 Å². The lowest BCUT2D eigenvalue weighted by Crippen LogP contribution is -2.54. The molecule has 1 rings (SSSR count). The Morgan fingerprint density at radius 3 is 2.00 bits per heavy atom. The molecule has 1 amide bonds. The third-order valence-electron chi connectivity index (χ3n) is 3.11. The molecule has 104 valence electrons. The number of carbonyl (C=O) groups excluding carboxylic acids is 1. The first kappa shape index (κ1) is 19.3. The van der Waals surface area contributed by atoms with Crippen molar-refractivity contribution in [3.63, 3.8) is 0 Å². The van der Waals surface area contributed by atoms with Crippen LogP contribution in [-0.4, -0.2) is 54.0 Å². The molecule has 0 saturated carbocycles. The van der Waals surface area contributed by atoms with E-state index in [0.717, 1.165) is 32.6 Å². The quantitative estimate of drug-likeness (QED) is 0.846. The zero-order valence-electron chi connectivity index (χ0n) is 10.9. The van der Waals surface area contributed by atoms with Gasteiger partial charge in [-0.1, -0.05) is 6.92 Å². The molecule has 2 N–H and O–H groups in total. The molecule has 1 aliphatic rings. The molecule has 4 nitrogen and oxygen atoms in total. The van der Waals surface area contributed by atoms with Gasteiger partial charge in [0.15, 0.2) is 0 Å². The Morgan fingerprint density at radius 2 is 1.65 bits per heavy atom. The molecule has 1 saturated heterocycles. The van der Waals surface area contributed by atoms with E-state index in [0.29, 0.717) is 6.04 Å². The van der Waals surface area contributed by atoms with E-state index in [9.17, 15) is 4.79 Å².